The Morgan fingerprint density at radius 3 is 2.21 bits per heavy atom. The van der Waals surface area contributed by atoms with Crippen molar-refractivity contribution in [3.8, 4) is 28.4 Å². The highest BCUT2D eigenvalue weighted by Gasteiger charge is 2.38. The minimum atomic E-state index is -0.363. The van der Waals surface area contributed by atoms with Crippen LogP contribution in [0.3, 0.4) is 0 Å². The molecule has 1 aliphatic heterocycles. The summed E-state index contributed by atoms with van der Waals surface area (Å²) in [4.78, 5) is 29.5. The van der Waals surface area contributed by atoms with Crippen LogP contribution < -0.4 is 15.2 Å². The summed E-state index contributed by atoms with van der Waals surface area (Å²) < 4.78 is 11.3. The highest BCUT2D eigenvalue weighted by atomic mass is 35.5. The van der Waals surface area contributed by atoms with Gasteiger partial charge in [-0.25, -0.2) is 9.36 Å². The van der Waals surface area contributed by atoms with Crippen LogP contribution in [0.25, 0.3) is 28.7 Å². The first kappa shape index (κ1) is 31.4. The average molecular weight is 690 g/mol. The number of halogens is 1. The molecule has 0 saturated carbocycles. The summed E-state index contributed by atoms with van der Waals surface area (Å²) in [5, 5.41) is 5.57. The number of benzene rings is 4. The van der Waals surface area contributed by atoms with Crippen molar-refractivity contribution in [1.82, 2.24) is 19.1 Å². The lowest BCUT2D eigenvalue weighted by molar-refractivity contribution is -0.113. The number of carbonyl (C=O) groups is 1. The van der Waals surface area contributed by atoms with Gasteiger partial charge in [-0.05, 0) is 67.6 Å². The van der Waals surface area contributed by atoms with Gasteiger partial charge in [0.2, 0.25) is 0 Å². The molecule has 1 fully saturated rings. The highest BCUT2D eigenvalue weighted by molar-refractivity contribution is 8.27. The van der Waals surface area contributed by atoms with Gasteiger partial charge < -0.3 is 4.74 Å². The minimum Gasteiger partial charge on any atom is -0.489 e. The molecule has 0 radical (unpaired) electrons. The van der Waals surface area contributed by atoms with E-state index < -0.39 is 0 Å². The molecule has 1 saturated heterocycles. The molecule has 238 valence electrons. The summed E-state index contributed by atoms with van der Waals surface area (Å²) in [5.41, 5.74) is 5.21. The molecule has 7 rings (SSSR count). The van der Waals surface area contributed by atoms with E-state index in [9.17, 15) is 9.59 Å². The molecule has 1 amide bonds. The van der Waals surface area contributed by atoms with Crippen molar-refractivity contribution in [1.29, 1.82) is 0 Å². The van der Waals surface area contributed by atoms with Crippen molar-refractivity contribution in [2.45, 2.75) is 13.5 Å². The SMILES string of the molecule is Cc1c(N2C(=O)/C(=C\c3cn(-c4ccccc4)nc3-c3ccc(OCc4ccccc4Cl)cc3)SC2=S)c(=O)n(-c2ccccc2)n1C. The van der Waals surface area contributed by atoms with Crippen molar-refractivity contribution in [2.24, 2.45) is 7.05 Å². The molecule has 2 aromatic heterocycles. The van der Waals surface area contributed by atoms with Crippen LogP contribution in [0, 0.1) is 6.92 Å². The monoisotopic (exact) mass is 689 g/mol. The number of hydrogen-bond acceptors (Lipinski definition) is 6. The molecule has 3 heterocycles. The number of anilines is 1. The number of hydrogen-bond donors (Lipinski definition) is 0. The highest BCUT2D eigenvalue weighted by Crippen LogP contribution is 2.38. The number of carbonyl (C=O) groups excluding carboxylic acids is 1. The number of amides is 1. The zero-order chi connectivity index (χ0) is 33.4. The number of rotatable bonds is 8. The molecule has 6 aromatic rings. The van der Waals surface area contributed by atoms with E-state index >= 15 is 0 Å². The Labute approximate surface area is 291 Å². The number of thiocarbonyl (C=S) groups is 1. The van der Waals surface area contributed by atoms with Crippen LogP contribution in [0.2, 0.25) is 5.02 Å². The molecule has 1 aliphatic rings. The van der Waals surface area contributed by atoms with E-state index in [1.165, 1.54) is 9.58 Å². The fraction of sp³-hybridized carbons (Fsp3) is 0.0811. The normalized spacial score (nSPS) is 13.9. The molecular weight excluding hydrogens is 662 g/mol. The number of para-hydroxylation sites is 2. The number of aromatic nitrogens is 4. The predicted molar refractivity (Wildman–Crippen MR) is 196 cm³/mol. The number of thioether (sulfide) groups is 1. The maximum Gasteiger partial charge on any atom is 0.296 e. The fourth-order valence-corrected chi connectivity index (χ4v) is 6.98. The lowest BCUT2D eigenvalue weighted by atomic mass is 10.1. The summed E-state index contributed by atoms with van der Waals surface area (Å²) in [5.74, 6) is 0.320. The van der Waals surface area contributed by atoms with Crippen LogP contribution in [-0.4, -0.2) is 29.4 Å². The molecule has 0 bridgehead atoms. The standard InChI is InChI=1S/C37H28ClN5O3S2/c1-24-34(36(45)43(40(24)2)29-14-7-4-8-15-29)42-35(44)32(48-37(42)47)21-27-22-41(28-12-5-3-6-13-28)39-33(27)25-17-19-30(20-18-25)46-23-26-11-9-10-16-31(26)38/h3-22H,23H2,1-2H3/b32-21+. The van der Waals surface area contributed by atoms with Crippen molar-refractivity contribution in [3.05, 3.63) is 152 Å². The van der Waals surface area contributed by atoms with Gasteiger partial charge in [-0.2, -0.15) is 5.10 Å². The third kappa shape index (κ3) is 5.90. The topological polar surface area (TPSA) is 74.3 Å². The second-order valence-electron chi connectivity index (χ2n) is 11.0. The first-order valence-corrected chi connectivity index (χ1v) is 16.6. The van der Waals surface area contributed by atoms with Crippen molar-refractivity contribution in [3.63, 3.8) is 0 Å². The zero-order valence-electron chi connectivity index (χ0n) is 25.9. The predicted octanol–water partition coefficient (Wildman–Crippen LogP) is 7.98. The maximum atomic E-state index is 14.0. The molecule has 4 aromatic carbocycles. The van der Waals surface area contributed by atoms with Gasteiger partial charge >= 0.3 is 0 Å². The first-order chi connectivity index (χ1) is 23.3. The van der Waals surface area contributed by atoms with E-state index in [0.29, 0.717) is 39.4 Å². The van der Waals surface area contributed by atoms with Crippen LogP contribution in [0.1, 0.15) is 16.8 Å². The van der Waals surface area contributed by atoms with Gasteiger partial charge in [-0.15, -0.1) is 0 Å². The summed E-state index contributed by atoms with van der Waals surface area (Å²) >= 11 is 13.2. The van der Waals surface area contributed by atoms with E-state index in [1.807, 2.05) is 122 Å². The molecule has 0 atom stereocenters. The van der Waals surface area contributed by atoms with Gasteiger partial charge in [0.25, 0.3) is 11.5 Å². The molecule has 11 heteroatoms. The van der Waals surface area contributed by atoms with Gasteiger partial charge in [0.1, 0.15) is 18.0 Å². The minimum absolute atomic E-state index is 0.236. The van der Waals surface area contributed by atoms with E-state index in [2.05, 4.69) is 0 Å². The molecule has 0 unspecified atom stereocenters. The fourth-order valence-electron chi connectivity index (χ4n) is 5.53. The largest absolute Gasteiger partial charge is 0.489 e. The van der Waals surface area contributed by atoms with E-state index in [1.54, 1.807) is 22.5 Å². The van der Waals surface area contributed by atoms with Gasteiger partial charge in [-0.3, -0.25) is 19.2 Å². The summed E-state index contributed by atoms with van der Waals surface area (Å²) in [6, 6.07) is 34.2. The number of ether oxygens (including phenoxy) is 1. The van der Waals surface area contributed by atoms with Crippen LogP contribution in [-0.2, 0) is 18.4 Å². The second kappa shape index (κ2) is 13.2. The quantitative estimate of drug-likeness (QED) is 0.119. The van der Waals surface area contributed by atoms with Crippen molar-refractivity contribution < 1.29 is 9.53 Å². The molecule has 48 heavy (non-hydrogen) atoms. The summed E-state index contributed by atoms with van der Waals surface area (Å²) in [6.07, 6.45) is 3.67. The van der Waals surface area contributed by atoms with Crippen molar-refractivity contribution >= 4 is 57.6 Å². The van der Waals surface area contributed by atoms with Gasteiger partial charge in [-0.1, -0.05) is 90.2 Å². The Morgan fingerprint density at radius 2 is 1.52 bits per heavy atom. The Morgan fingerprint density at radius 1 is 0.875 bits per heavy atom. The van der Waals surface area contributed by atoms with Crippen LogP contribution in [0.15, 0.2) is 125 Å². The molecular formula is C37H28ClN5O3S2. The van der Waals surface area contributed by atoms with Crippen molar-refractivity contribution in [2.75, 3.05) is 4.90 Å². The van der Waals surface area contributed by atoms with E-state index in [4.69, 9.17) is 33.7 Å². The summed E-state index contributed by atoms with van der Waals surface area (Å²) in [7, 11) is 1.79. The Kier molecular flexibility index (Phi) is 8.62. The molecule has 0 N–H and O–H groups in total. The Hall–Kier alpha value is -5.16. The third-order valence-electron chi connectivity index (χ3n) is 8.07. The van der Waals surface area contributed by atoms with Gasteiger partial charge in [0.05, 0.1) is 27.7 Å². The van der Waals surface area contributed by atoms with Crippen LogP contribution in [0.4, 0.5) is 5.69 Å². The lowest BCUT2D eigenvalue weighted by Crippen LogP contribution is -2.33. The van der Waals surface area contributed by atoms with Crippen LogP contribution >= 0.6 is 35.6 Å². The lowest BCUT2D eigenvalue weighted by Gasteiger charge is -2.12. The molecule has 0 aliphatic carbocycles. The molecule has 8 nitrogen and oxygen atoms in total. The smallest absolute Gasteiger partial charge is 0.296 e. The zero-order valence-corrected chi connectivity index (χ0v) is 28.3. The summed E-state index contributed by atoms with van der Waals surface area (Å²) in [6.45, 7) is 2.15. The van der Waals surface area contributed by atoms with Gasteiger partial charge in [0.15, 0.2) is 4.32 Å². The van der Waals surface area contributed by atoms with E-state index in [-0.39, 0.29) is 21.5 Å². The Bertz CT molecular complexity index is 2260. The average Bonchev–Trinajstić information content (AvgIpc) is 3.72. The van der Waals surface area contributed by atoms with Gasteiger partial charge in [0, 0.05) is 35.0 Å². The van der Waals surface area contributed by atoms with Crippen LogP contribution in [0.5, 0.6) is 5.75 Å². The Balaban J connectivity index is 1.23. The number of nitrogens with zero attached hydrogens (tertiary/aromatic N) is 5. The van der Waals surface area contributed by atoms with E-state index in [0.717, 1.165) is 34.1 Å². The maximum absolute atomic E-state index is 14.0. The molecule has 0 spiro atoms. The first-order valence-electron chi connectivity index (χ1n) is 15.0. The second-order valence-corrected chi connectivity index (χ2v) is 13.1. The third-order valence-corrected chi connectivity index (χ3v) is 9.74.